The minimum Gasteiger partial charge on any atom is -0.294 e. The molecule has 2 aromatic carbocycles. The van der Waals surface area contributed by atoms with Gasteiger partial charge in [-0.15, -0.1) is 6.42 Å². The molecule has 0 heterocycles. The smallest absolute Gasteiger partial charge is 0.164 e. The zero-order chi connectivity index (χ0) is 18.7. The van der Waals surface area contributed by atoms with E-state index in [0.29, 0.717) is 0 Å². The Balaban J connectivity index is 2.29. The van der Waals surface area contributed by atoms with E-state index in [9.17, 15) is 4.79 Å². The third kappa shape index (κ3) is 2.90. The molecule has 0 spiro atoms. The lowest BCUT2D eigenvalue weighted by Crippen LogP contribution is -2.46. The summed E-state index contributed by atoms with van der Waals surface area (Å²) in [5.74, 6) is 3.28. The van der Waals surface area contributed by atoms with Crippen LogP contribution in [0.3, 0.4) is 0 Å². The number of hydrogen-bond acceptors (Lipinski definition) is 1. The first-order valence-electron chi connectivity index (χ1n) is 9.31. The summed E-state index contributed by atoms with van der Waals surface area (Å²) in [6.07, 6.45) is 8.07. The van der Waals surface area contributed by atoms with Crippen LogP contribution in [0.2, 0.25) is 0 Å². The highest BCUT2D eigenvalue weighted by atomic mass is 16.1. The molecular weight excluding hydrogens is 316 g/mol. The molecule has 1 fully saturated rings. The van der Waals surface area contributed by atoms with Crippen LogP contribution in [0.4, 0.5) is 0 Å². The lowest BCUT2D eigenvalue weighted by atomic mass is 9.57. The van der Waals surface area contributed by atoms with E-state index in [1.54, 1.807) is 0 Å². The fraction of sp³-hybridized carbons (Fsp3) is 0.320. The summed E-state index contributed by atoms with van der Waals surface area (Å²) in [5, 5.41) is 0. The Labute approximate surface area is 157 Å². The van der Waals surface area contributed by atoms with Crippen LogP contribution in [-0.4, -0.2) is 5.78 Å². The second-order valence-corrected chi connectivity index (χ2v) is 7.52. The Morgan fingerprint density at radius 3 is 1.92 bits per heavy atom. The highest BCUT2D eigenvalue weighted by Gasteiger charge is 2.49. The third-order valence-electron chi connectivity index (χ3n) is 5.75. The summed E-state index contributed by atoms with van der Waals surface area (Å²) < 4.78 is 0. The Bertz CT molecular complexity index is 809. The maximum atomic E-state index is 13.6. The van der Waals surface area contributed by atoms with E-state index in [2.05, 4.69) is 37.1 Å². The zero-order valence-corrected chi connectivity index (χ0v) is 15.8. The first-order chi connectivity index (χ1) is 12.5. The van der Waals surface area contributed by atoms with Crippen LogP contribution in [0.1, 0.15) is 44.7 Å². The Hall–Kier alpha value is -2.59. The van der Waals surface area contributed by atoms with Crippen LogP contribution in [0.25, 0.3) is 0 Å². The van der Waals surface area contributed by atoms with Gasteiger partial charge in [0.1, 0.15) is 0 Å². The predicted molar refractivity (Wildman–Crippen MR) is 108 cm³/mol. The molecule has 2 aromatic rings. The summed E-state index contributed by atoms with van der Waals surface area (Å²) in [5.41, 5.74) is 3.36. The van der Waals surface area contributed by atoms with Gasteiger partial charge in [0.15, 0.2) is 5.78 Å². The molecule has 132 valence electrons. The SMILES string of the molecule is C#CC(c1ccccc1)(c1ccccc1)[C@@H]1C(=O)C(=C(C)C)CC[C@H]1C. The Morgan fingerprint density at radius 1 is 1.00 bits per heavy atom. The van der Waals surface area contributed by atoms with Gasteiger partial charge in [0, 0.05) is 5.92 Å². The van der Waals surface area contributed by atoms with Crippen molar-refractivity contribution in [3.63, 3.8) is 0 Å². The second kappa shape index (κ2) is 7.34. The highest BCUT2D eigenvalue weighted by molar-refractivity contribution is 6.00. The molecule has 0 unspecified atom stereocenters. The van der Waals surface area contributed by atoms with Gasteiger partial charge >= 0.3 is 0 Å². The lowest BCUT2D eigenvalue weighted by molar-refractivity contribution is -0.123. The van der Waals surface area contributed by atoms with E-state index < -0.39 is 5.41 Å². The predicted octanol–water partition coefficient (Wildman–Crippen LogP) is 5.56. The van der Waals surface area contributed by atoms with Crippen molar-refractivity contribution < 1.29 is 4.79 Å². The minimum absolute atomic E-state index is 0.217. The fourth-order valence-corrected chi connectivity index (χ4v) is 4.41. The number of Topliss-reactive ketones (excluding diaryl/α,β-unsaturated/α-hetero) is 1. The van der Waals surface area contributed by atoms with E-state index in [4.69, 9.17) is 6.42 Å². The molecule has 1 aliphatic rings. The molecule has 0 saturated heterocycles. The van der Waals surface area contributed by atoms with E-state index in [0.717, 1.165) is 35.1 Å². The van der Waals surface area contributed by atoms with Gasteiger partial charge in [0.2, 0.25) is 0 Å². The average molecular weight is 342 g/mol. The van der Waals surface area contributed by atoms with Gasteiger partial charge in [0.05, 0.1) is 5.41 Å². The molecule has 3 rings (SSSR count). The van der Waals surface area contributed by atoms with Crippen LogP contribution in [-0.2, 0) is 10.2 Å². The van der Waals surface area contributed by atoms with Crippen molar-refractivity contribution in [2.45, 2.75) is 39.0 Å². The first kappa shape index (κ1) is 18.2. The summed E-state index contributed by atoms with van der Waals surface area (Å²) >= 11 is 0. The van der Waals surface area contributed by atoms with Crippen molar-refractivity contribution in [3.05, 3.63) is 82.9 Å². The number of terminal acetylenes is 1. The maximum absolute atomic E-state index is 13.6. The number of carbonyl (C=O) groups is 1. The summed E-state index contributed by atoms with van der Waals surface area (Å²) in [6, 6.07) is 20.2. The van der Waals surface area contributed by atoms with Crippen molar-refractivity contribution in [2.24, 2.45) is 11.8 Å². The molecule has 0 radical (unpaired) electrons. The number of ketones is 1. The van der Waals surface area contributed by atoms with E-state index in [1.807, 2.05) is 50.2 Å². The number of rotatable bonds is 3. The molecule has 26 heavy (non-hydrogen) atoms. The molecule has 0 N–H and O–H groups in total. The maximum Gasteiger partial charge on any atom is 0.164 e. The average Bonchev–Trinajstić information content (AvgIpc) is 2.66. The van der Waals surface area contributed by atoms with Crippen LogP contribution in [0, 0.1) is 24.2 Å². The molecule has 1 nitrogen and oxygen atoms in total. The monoisotopic (exact) mass is 342 g/mol. The number of carbonyl (C=O) groups excluding carboxylic acids is 1. The standard InChI is InChI=1S/C25H26O/c1-5-25(20-12-8-6-9-13-20,21-14-10-7-11-15-21)23-19(4)16-17-22(18(2)3)24(23)26/h1,6-15,19,23H,16-17H2,2-4H3/t19-,23+/m1/s1. The van der Waals surface area contributed by atoms with E-state index in [-0.39, 0.29) is 17.6 Å². The number of allylic oxidation sites excluding steroid dienone is 2. The third-order valence-corrected chi connectivity index (χ3v) is 5.75. The molecule has 0 aliphatic heterocycles. The van der Waals surface area contributed by atoms with Crippen molar-refractivity contribution >= 4 is 5.78 Å². The second-order valence-electron chi connectivity index (χ2n) is 7.52. The molecule has 0 amide bonds. The first-order valence-corrected chi connectivity index (χ1v) is 9.31. The summed E-state index contributed by atoms with van der Waals surface area (Å²) in [6.45, 7) is 6.23. The van der Waals surface area contributed by atoms with Gasteiger partial charge in [-0.3, -0.25) is 4.79 Å². The van der Waals surface area contributed by atoms with Gasteiger partial charge in [-0.05, 0) is 49.3 Å². The van der Waals surface area contributed by atoms with Gasteiger partial charge in [0.25, 0.3) is 0 Å². The molecule has 0 bridgehead atoms. The molecule has 2 atom stereocenters. The van der Waals surface area contributed by atoms with Crippen molar-refractivity contribution in [3.8, 4) is 12.3 Å². The lowest BCUT2D eigenvalue weighted by Gasteiger charge is -2.43. The topological polar surface area (TPSA) is 17.1 Å². The number of benzene rings is 2. The van der Waals surface area contributed by atoms with Gasteiger partial charge < -0.3 is 0 Å². The van der Waals surface area contributed by atoms with Crippen molar-refractivity contribution in [1.82, 2.24) is 0 Å². The van der Waals surface area contributed by atoms with Gasteiger partial charge in [-0.25, -0.2) is 0 Å². The van der Waals surface area contributed by atoms with Crippen LogP contribution in [0.5, 0.6) is 0 Å². The molecular formula is C25H26O. The quantitative estimate of drug-likeness (QED) is 0.527. The van der Waals surface area contributed by atoms with E-state index >= 15 is 0 Å². The largest absolute Gasteiger partial charge is 0.294 e. The van der Waals surface area contributed by atoms with Crippen LogP contribution >= 0.6 is 0 Å². The van der Waals surface area contributed by atoms with Crippen molar-refractivity contribution in [2.75, 3.05) is 0 Å². The highest BCUT2D eigenvalue weighted by Crippen LogP contribution is 2.48. The molecule has 1 saturated carbocycles. The summed E-state index contributed by atoms with van der Waals surface area (Å²) in [4.78, 5) is 13.6. The molecule has 1 heteroatoms. The molecule has 0 aromatic heterocycles. The normalized spacial score (nSPS) is 20.5. The van der Waals surface area contributed by atoms with Gasteiger partial charge in [-0.2, -0.15) is 0 Å². The summed E-state index contributed by atoms with van der Waals surface area (Å²) in [7, 11) is 0. The van der Waals surface area contributed by atoms with E-state index in [1.165, 1.54) is 0 Å². The van der Waals surface area contributed by atoms with Crippen molar-refractivity contribution in [1.29, 1.82) is 0 Å². The minimum atomic E-state index is -0.750. The van der Waals surface area contributed by atoms with Crippen LogP contribution < -0.4 is 0 Å². The fourth-order valence-electron chi connectivity index (χ4n) is 4.41. The number of hydrogen-bond donors (Lipinski definition) is 0. The van der Waals surface area contributed by atoms with Crippen LogP contribution in [0.15, 0.2) is 71.8 Å². The Kier molecular flexibility index (Phi) is 5.14. The Morgan fingerprint density at radius 2 is 1.50 bits per heavy atom. The zero-order valence-electron chi connectivity index (χ0n) is 15.8. The van der Waals surface area contributed by atoms with Gasteiger partial charge in [-0.1, -0.05) is 79.1 Å². The molecule has 1 aliphatic carbocycles.